The molecule has 102 valence electrons. The first kappa shape index (κ1) is 14.5. The molecule has 2 rings (SSSR count). The number of aryl methyl sites for hydroxylation is 1. The van der Waals surface area contributed by atoms with Gasteiger partial charge in [0.1, 0.15) is 0 Å². The number of hydrogen-bond acceptors (Lipinski definition) is 3. The zero-order chi connectivity index (χ0) is 13.7. The number of thiazole rings is 1. The fourth-order valence-electron chi connectivity index (χ4n) is 2.17. The van der Waals surface area contributed by atoms with Crippen LogP contribution in [0.1, 0.15) is 29.1 Å². The van der Waals surface area contributed by atoms with Gasteiger partial charge < -0.3 is 5.32 Å². The topological polar surface area (TPSA) is 24.9 Å². The summed E-state index contributed by atoms with van der Waals surface area (Å²) < 4.78 is 0. The van der Waals surface area contributed by atoms with Crippen LogP contribution in [0.2, 0.25) is 5.02 Å². The maximum atomic E-state index is 6.32. The van der Waals surface area contributed by atoms with E-state index in [0.29, 0.717) is 5.92 Å². The third kappa shape index (κ3) is 4.03. The summed E-state index contributed by atoms with van der Waals surface area (Å²) in [6.07, 6.45) is 0.932. The van der Waals surface area contributed by atoms with E-state index in [9.17, 15) is 0 Å². The summed E-state index contributed by atoms with van der Waals surface area (Å²) in [4.78, 5) is 4.56. The normalized spacial score (nSPS) is 12.6. The van der Waals surface area contributed by atoms with E-state index < -0.39 is 0 Å². The highest BCUT2D eigenvalue weighted by Gasteiger charge is 2.16. The van der Waals surface area contributed by atoms with Gasteiger partial charge in [-0.15, -0.1) is 11.3 Å². The van der Waals surface area contributed by atoms with Gasteiger partial charge in [0.15, 0.2) is 0 Å². The summed E-state index contributed by atoms with van der Waals surface area (Å²) in [5.74, 6) is 0.371. The van der Waals surface area contributed by atoms with E-state index in [-0.39, 0.29) is 0 Å². The molecule has 0 fully saturated rings. The van der Waals surface area contributed by atoms with Crippen LogP contribution in [0.15, 0.2) is 29.6 Å². The lowest BCUT2D eigenvalue weighted by Crippen LogP contribution is -2.23. The molecular formula is C15H19ClN2S. The maximum Gasteiger partial charge on any atom is 0.0897 e. The molecule has 0 saturated carbocycles. The first-order chi connectivity index (χ1) is 9.20. The van der Waals surface area contributed by atoms with Crippen molar-refractivity contribution in [1.29, 1.82) is 0 Å². The van der Waals surface area contributed by atoms with Crippen LogP contribution in [0.25, 0.3) is 0 Å². The number of likely N-dealkylation sites (N-methyl/N-ethyl adjacent to an activating group) is 1. The minimum Gasteiger partial charge on any atom is -0.316 e. The second-order valence-electron chi connectivity index (χ2n) is 4.59. The number of nitrogens with zero attached hydrogens (tertiary/aromatic N) is 1. The Morgan fingerprint density at radius 2 is 2.16 bits per heavy atom. The quantitative estimate of drug-likeness (QED) is 0.870. The number of halogens is 1. The molecule has 1 atom stereocenters. The average Bonchev–Trinajstić information content (AvgIpc) is 2.81. The Labute approximate surface area is 123 Å². The van der Waals surface area contributed by atoms with Crippen molar-refractivity contribution in [2.75, 3.05) is 13.1 Å². The molecule has 2 aromatic rings. The second-order valence-corrected chi connectivity index (χ2v) is 6.06. The van der Waals surface area contributed by atoms with Crippen LogP contribution in [0.5, 0.6) is 0 Å². The van der Waals surface area contributed by atoms with Gasteiger partial charge in [0.25, 0.3) is 0 Å². The molecule has 1 heterocycles. The molecule has 1 aromatic carbocycles. The van der Waals surface area contributed by atoms with Crippen molar-refractivity contribution in [3.8, 4) is 0 Å². The van der Waals surface area contributed by atoms with Crippen LogP contribution in [0, 0.1) is 6.92 Å². The Balaban J connectivity index is 2.18. The maximum absolute atomic E-state index is 6.32. The number of benzene rings is 1. The molecule has 0 amide bonds. The van der Waals surface area contributed by atoms with Crippen LogP contribution >= 0.6 is 22.9 Å². The van der Waals surface area contributed by atoms with Crippen molar-refractivity contribution in [2.24, 2.45) is 0 Å². The molecule has 0 saturated heterocycles. The van der Waals surface area contributed by atoms with E-state index in [1.54, 1.807) is 11.3 Å². The highest BCUT2D eigenvalue weighted by Crippen LogP contribution is 2.27. The third-order valence-corrected chi connectivity index (χ3v) is 4.27. The number of aromatic nitrogens is 1. The van der Waals surface area contributed by atoms with E-state index in [0.717, 1.165) is 35.2 Å². The number of nitrogens with one attached hydrogen (secondary N) is 1. The number of rotatable bonds is 6. The Morgan fingerprint density at radius 3 is 2.79 bits per heavy atom. The summed E-state index contributed by atoms with van der Waals surface area (Å²) in [5, 5.41) is 7.53. The molecular weight excluding hydrogens is 276 g/mol. The van der Waals surface area contributed by atoms with Gasteiger partial charge in [0.05, 0.1) is 10.7 Å². The van der Waals surface area contributed by atoms with Gasteiger partial charge in [0, 0.05) is 22.9 Å². The van der Waals surface area contributed by atoms with Crippen molar-refractivity contribution in [3.63, 3.8) is 0 Å². The lowest BCUT2D eigenvalue weighted by atomic mass is 9.94. The molecule has 0 spiro atoms. The Kier molecular flexibility index (Phi) is 5.37. The molecule has 1 aromatic heterocycles. The zero-order valence-corrected chi connectivity index (χ0v) is 12.9. The van der Waals surface area contributed by atoms with E-state index in [4.69, 9.17) is 11.6 Å². The third-order valence-electron chi connectivity index (χ3n) is 3.11. The smallest absolute Gasteiger partial charge is 0.0897 e. The first-order valence-electron chi connectivity index (χ1n) is 6.56. The Morgan fingerprint density at radius 1 is 1.37 bits per heavy atom. The molecule has 1 N–H and O–H groups in total. The van der Waals surface area contributed by atoms with Crippen LogP contribution < -0.4 is 5.32 Å². The highest BCUT2D eigenvalue weighted by molar-refractivity contribution is 7.09. The van der Waals surface area contributed by atoms with Crippen LogP contribution in [-0.2, 0) is 6.42 Å². The van der Waals surface area contributed by atoms with Gasteiger partial charge in [-0.05, 0) is 31.5 Å². The molecule has 19 heavy (non-hydrogen) atoms. The second kappa shape index (κ2) is 7.04. The van der Waals surface area contributed by atoms with Crippen molar-refractivity contribution in [1.82, 2.24) is 10.3 Å². The van der Waals surface area contributed by atoms with Crippen LogP contribution in [-0.4, -0.2) is 18.1 Å². The van der Waals surface area contributed by atoms with Crippen LogP contribution in [0.3, 0.4) is 0 Å². The van der Waals surface area contributed by atoms with Gasteiger partial charge in [-0.3, -0.25) is 0 Å². The summed E-state index contributed by atoms with van der Waals surface area (Å²) in [5.41, 5.74) is 2.36. The van der Waals surface area contributed by atoms with E-state index in [1.807, 2.05) is 25.1 Å². The largest absolute Gasteiger partial charge is 0.316 e. The Hall–Kier alpha value is -0.900. The fourth-order valence-corrected chi connectivity index (χ4v) is 3.09. The molecule has 0 bridgehead atoms. The summed E-state index contributed by atoms with van der Waals surface area (Å²) in [6.45, 7) is 6.06. The average molecular weight is 295 g/mol. The molecule has 0 radical (unpaired) electrons. The van der Waals surface area contributed by atoms with E-state index >= 15 is 0 Å². The first-order valence-corrected chi connectivity index (χ1v) is 7.82. The van der Waals surface area contributed by atoms with Crippen molar-refractivity contribution < 1.29 is 0 Å². The SMILES string of the molecule is CCNCC(Cc1csc(C)n1)c1ccccc1Cl. The van der Waals surface area contributed by atoms with E-state index in [2.05, 4.69) is 28.7 Å². The fraction of sp³-hybridized carbons (Fsp3) is 0.400. The molecule has 1 unspecified atom stereocenters. The lowest BCUT2D eigenvalue weighted by molar-refractivity contribution is 0.590. The minimum absolute atomic E-state index is 0.371. The van der Waals surface area contributed by atoms with Gasteiger partial charge >= 0.3 is 0 Å². The molecule has 4 heteroatoms. The highest BCUT2D eigenvalue weighted by atomic mass is 35.5. The van der Waals surface area contributed by atoms with Crippen molar-refractivity contribution in [3.05, 3.63) is 50.9 Å². The minimum atomic E-state index is 0.371. The Bertz CT molecular complexity index is 524. The van der Waals surface area contributed by atoms with Gasteiger partial charge in [-0.25, -0.2) is 4.98 Å². The van der Waals surface area contributed by atoms with Crippen molar-refractivity contribution in [2.45, 2.75) is 26.2 Å². The predicted molar refractivity (Wildman–Crippen MR) is 83.3 cm³/mol. The van der Waals surface area contributed by atoms with Gasteiger partial charge in [0.2, 0.25) is 0 Å². The summed E-state index contributed by atoms with van der Waals surface area (Å²) in [6, 6.07) is 8.10. The molecule has 2 nitrogen and oxygen atoms in total. The van der Waals surface area contributed by atoms with E-state index in [1.165, 1.54) is 5.56 Å². The molecule has 0 aliphatic carbocycles. The lowest BCUT2D eigenvalue weighted by Gasteiger charge is -2.18. The van der Waals surface area contributed by atoms with Crippen molar-refractivity contribution >= 4 is 22.9 Å². The number of hydrogen-bond donors (Lipinski definition) is 1. The summed E-state index contributed by atoms with van der Waals surface area (Å²) in [7, 11) is 0. The standard InChI is InChI=1S/C15H19ClN2S/c1-3-17-9-12(8-13-10-19-11(2)18-13)14-6-4-5-7-15(14)16/h4-7,10,12,17H,3,8-9H2,1-2H3. The monoisotopic (exact) mass is 294 g/mol. The molecule has 0 aliphatic heterocycles. The van der Waals surface area contributed by atoms with Crippen LogP contribution in [0.4, 0.5) is 0 Å². The predicted octanol–water partition coefficient (Wildman–Crippen LogP) is 4.04. The van der Waals surface area contributed by atoms with Gasteiger partial charge in [-0.2, -0.15) is 0 Å². The zero-order valence-electron chi connectivity index (χ0n) is 11.3. The van der Waals surface area contributed by atoms with Gasteiger partial charge in [-0.1, -0.05) is 36.7 Å². The molecule has 0 aliphatic rings. The summed E-state index contributed by atoms with van der Waals surface area (Å²) >= 11 is 8.03.